The smallest absolute Gasteiger partial charge is 0.237 e. The fourth-order valence-electron chi connectivity index (χ4n) is 0.838. The van der Waals surface area contributed by atoms with Crippen LogP contribution >= 0.6 is 0 Å². The van der Waals surface area contributed by atoms with Crippen LogP contribution in [-0.4, -0.2) is 29.7 Å². The largest absolute Gasteiger partial charge is 0.394 e. The van der Waals surface area contributed by atoms with Gasteiger partial charge in [0.15, 0.2) is 0 Å². The Morgan fingerprint density at radius 1 is 1.67 bits per heavy atom. The second-order valence-corrected chi connectivity index (χ2v) is 2.99. The molecule has 2 atom stereocenters. The minimum Gasteiger partial charge on any atom is -0.394 e. The van der Waals surface area contributed by atoms with Gasteiger partial charge in [0.25, 0.3) is 0 Å². The molecule has 0 aromatic rings. The first kappa shape index (κ1) is 11.4. The Labute approximate surface area is 73.1 Å². The number of hydrogen-bond acceptors (Lipinski definition) is 3. The fourth-order valence-corrected chi connectivity index (χ4v) is 0.838. The summed E-state index contributed by atoms with van der Waals surface area (Å²) in [6, 6.07) is -0.649. The maximum atomic E-state index is 11.2. The first-order valence-corrected chi connectivity index (χ1v) is 4.28. The van der Waals surface area contributed by atoms with Crippen molar-refractivity contribution < 1.29 is 9.90 Å². The number of aliphatic hydroxyl groups is 1. The van der Waals surface area contributed by atoms with E-state index >= 15 is 0 Å². The van der Waals surface area contributed by atoms with Crippen LogP contribution in [0.1, 0.15) is 26.7 Å². The average molecular weight is 174 g/mol. The van der Waals surface area contributed by atoms with Gasteiger partial charge in [-0.3, -0.25) is 4.79 Å². The molecule has 0 bridgehead atoms. The lowest BCUT2D eigenvalue weighted by molar-refractivity contribution is -0.123. The fraction of sp³-hybridized carbons (Fsp3) is 0.875. The predicted molar refractivity (Wildman–Crippen MR) is 47.6 cm³/mol. The van der Waals surface area contributed by atoms with E-state index in [1.54, 1.807) is 6.92 Å². The molecule has 0 rings (SSSR count). The quantitative estimate of drug-likeness (QED) is 0.531. The van der Waals surface area contributed by atoms with Crippen molar-refractivity contribution in [2.75, 3.05) is 6.61 Å². The highest BCUT2D eigenvalue weighted by atomic mass is 16.3. The van der Waals surface area contributed by atoms with Crippen LogP contribution in [0.2, 0.25) is 0 Å². The van der Waals surface area contributed by atoms with E-state index in [0.29, 0.717) is 6.42 Å². The van der Waals surface area contributed by atoms with Crippen LogP contribution < -0.4 is 11.1 Å². The molecule has 0 radical (unpaired) electrons. The third-order valence-electron chi connectivity index (χ3n) is 1.60. The topological polar surface area (TPSA) is 75.4 Å². The molecule has 0 aromatic carbocycles. The summed E-state index contributed by atoms with van der Waals surface area (Å²) >= 11 is 0. The van der Waals surface area contributed by atoms with Crippen LogP contribution in [0.25, 0.3) is 0 Å². The number of carbonyl (C=O) groups excluding carboxylic acids is 1. The van der Waals surface area contributed by atoms with Crippen LogP contribution in [0.5, 0.6) is 0 Å². The Balaban J connectivity index is 3.70. The molecule has 0 aliphatic heterocycles. The van der Waals surface area contributed by atoms with Crippen molar-refractivity contribution in [3.63, 3.8) is 0 Å². The van der Waals surface area contributed by atoms with Gasteiger partial charge in [-0.1, -0.05) is 13.3 Å². The summed E-state index contributed by atoms with van der Waals surface area (Å²) < 4.78 is 0. The van der Waals surface area contributed by atoms with Gasteiger partial charge in [0, 0.05) is 6.04 Å². The maximum absolute atomic E-state index is 11.2. The van der Waals surface area contributed by atoms with Crippen LogP contribution in [0.15, 0.2) is 0 Å². The zero-order chi connectivity index (χ0) is 9.56. The Morgan fingerprint density at radius 3 is 2.67 bits per heavy atom. The summed E-state index contributed by atoms with van der Waals surface area (Å²) in [4.78, 5) is 11.2. The summed E-state index contributed by atoms with van der Waals surface area (Å²) in [5, 5.41) is 11.2. The van der Waals surface area contributed by atoms with E-state index in [2.05, 4.69) is 5.32 Å². The van der Waals surface area contributed by atoms with Gasteiger partial charge in [-0.05, 0) is 13.3 Å². The van der Waals surface area contributed by atoms with E-state index in [-0.39, 0.29) is 18.6 Å². The molecule has 4 nitrogen and oxygen atoms in total. The number of nitrogens with two attached hydrogens (primary N) is 1. The van der Waals surface area contributed by atoms with Gasteiger partial charge >= 0.3 is 0 Å². The van der Waals surface area contributed by atoms with E-state index in [1.807, 2.05) is 6.92 Å². The standard InChI is InChI=1S/C8H18N2O2/c1-3-4-7(9)8(12)10-6(2)5-11/h6-7,11H,3-5,9H2,1-2H3,(H,10,12)/t6-,7-/m0/s1. The Morgan fingerprint density at radius 2 is 2.25 bits per heavy atom. The lowest BCUT2D eigenvalue weighted by Crippen LogP contribution is -2.45. The number of carbonyl (C=O) groups is 1. The predicted octanol–water partition coefficient (Wildman–Crippen LogP) is -0.389. The molecule has 0 spiro atoms. The van der Waals surface area contributed by atoms with Gasteiger partial charge in [-0.25, -0.2) is 0 Å². The summed E-state index contributed by atoms with van der Waals surface area (Å²) in [6.07, 6.45) is 1.58. The molecule has 0 fully saturated rings. The minimum atomic E-state index is -0.441. The molecule has 0 aliphatic carbocycles. The first-order chi connectivity index (χ1) is 5.61. The van der Waals surface area contributed by atoms with Crippen LogP contribution in [0.3, 0.4) is 0 Å². The van der Waals surface area contributed by atoms with Gasteiger partial charge in [-0.15, -0.1) is 0 Å². The molecule has 0 saturated carbocycles. The highest BCUT2D eigenvalue weighted by Gasteiger charge is 2.13. The normalized spacial score (nSPS) is 15.3. The SMILES string of the molecule is CCC[C@H](N)C(=O)N[C@@H](C)CO. The van der Waals surface area contributed by atoms with Gasteiger partial charge in [0.1, 0.15) is 0 Å². The summed E-state index contributed by atoms with van der Waals surface area (Å²) in [6.45, 7) is 3.66. The molecular formula is C8H18N2O2. The number of hydrogen-bond donors (Lipinski definition) is 3. The molecule has 12 heavy (non-hydrogen) atoms. The molecular weight excluding hydrogens is 156 g/mol. The lowest BCUT2D eigenvalue weighted by atomic mass is 10.1. The molecule has 0 saturated heterocycles. The molecule has 1 amide bonds. The van der Waals surface area contributed by atoms with Gasteiger partial charge in [-0.2, -0.15) is 0 Å². The Hall–Kier alpha value is -0.610. The Bertz CT molecular complexity index is 139. The van der Waals surface area contributed by atoms with Crippen LogP contribution in [-0.2, 0) is 4.79 Å². The molecule has 0 unspecified atom stereocenters. The second-order valence-electron chi connectivity index (χ2n) is 2.99. The monoisotopic (exact) mass is 174 g/mol. The highest BCUT2D eigenvalue weighted by molar-refractivity contribution is 5.81. The van der Waals surface area contributed by atoms with Crippen LogP contribution in [0.4, 0.5) is 0 Å². The van der Waals surface area contributed by atoms with Gasteiger partial charge in [0.2, 0.25) is 5.91 Å². The highest BCUT2D eigenvalue weighted by Crippen LogP contribution is 1.93. The lowest BCUT2D eigenvalue weighted by Gasteiger charge is -2.14. The second kappa shape index (κ2) is 5.97. The van der Waals surface area contributed by atoms with E-state index in [4.69, 9.17) is 10.8 Å². The van der Waals surface area contributed by atoms with Crippen molar-refractivity contribution in [2.24, 2.45) is 5.73 Å². The summed E-state index contributed by atoms with van der Waals surface area (Å²) in [5.41, 5.74) is 5.54. The number of amides is 1. The number of aliphatic hydroxyl groups excluding tert-OH is 1. The van der Waals surface area contributed by atoms with Gasteiger partial charge < -0.3 is 16.2 Å². The first-order valence-electron chi connectivity index (χ1n) is 4.28. The van der Waals surface area contributed by atoms with E-state index in [9.17, 15) is 4.79 Å². The molecule has 72 valence electrons. The van der Waals surface area contributed by atoms with Crippen molar-refractivity contribution >= 4 is 5.91 Å². The summed E-state index contributed by atoms with van der Waals surface area (Å²) in [7, 11) is 0. The molecule has 4 heteroatoms. The van der Waals surface area contributed by atoms with Crippen molar-refractivity contribution in [3.05, 3.63) is 0 Å². The zero-order valence-electron chi connectivity index (χ0n) is 7.71. The molecule has 4 N–H and O–H groups in total. The number of rotatable bonds is 5. The van der Waals surface area contributed by atoms with E-state index < -0.39 is 6.04 Å². The number of nitrogens with one attached hydrogen (secondary N) is 1. The average Bonchev–Trinajstić information content (AvgIpc) is 2.04. The third kappa shape index (κ3) is 4.31. The van der Waals surface area contributed by atoms with E-state index in [0.717, 1.165) is 6.42 Å². The van der Waals surface area contributed by atoms with E-state index in [1.165, 1.54) is 0 Å². The minimum absolute atomic E-state index is 0.0510. The molecule has 0 aromatic heterocycles. The van der Waals surface area contributed by atoms with Crippen LogP contribution in [0, 0.1) is 0 Å². The van der Waals surface area contributed by atoms with Crippen molar-refractivity contribution in [2.45, 2.75) is 38.8 Å². The van der Waals surface area contributed by atoms with Crippen molar-refractivity contribution in [3.8, 4) is 0 Å². The van der Waals surface area contributed by atoms with Gasteiger partial charge in [0.05, 0.1) is 12.6 Å². The van der Waals surface area contributed by atoms with Crippen molar-refractivity contribution in [1.82, 2.24) is 5.32 Å². The molecule has 0 aliphatic rings. The maximum Gasteiger partial charge on any atom is 0.237 e. The summed E-state index contributed by atoms with van der Waals surface area (Å²) in [5.74, 6) is -0.182. The van der Waals surface area contributed by atoms with Crippen molar-refractivity contribution in [1.29, 1.82) is 0 Å². The zero-order valence-corrected chi connectivity index (χ0v) is 7.71. The Kier molecular flexibility index (Phi) is 5.66. The third-order valence-corrected chi connectivity index (χ3v) is 1.60. The molecule has 0 heterocycles.